The molecule has 98 valence electrons. The Kier molecular flexibility index (Phi) is 6.32. The molecule has 1 rings (SSSR count). The number of carboxylic acids is 1. The van der Waals surface area contributed by atoms with Crippen molar-refractivity contribution in [3.63, 3.8) is 0 Å². The highest BCUT2D eigenvalue weighted by molar-refractivity contribution is 5.77. The average Bonchev–Trinajstić information content (AvgIpc) is 2.37. The molecule has 0 aromatic heterocycles. The van der Waals surface area contributed by atoms with Gasteiger partial charge < -0.3 is 5.11 Å². The summed E-state index contributed by atoms with van der Waals surface area (Å²) >= 11 is 0. The molecule has 5 nitrogen and oxygen atoms in total. The quantitative estimate of drug-likeness (QED) is 0.488. The Morgan fingerprint density at radius 1 is 1.00 bits per heavy atom. The lowest BCUT2D eigenvalue weighted by Gasteiger charge is -2.07. The molecular formula is C13H18N2O3. The van der Waals surface area contributed by atoms with E-state index in [2.05, 4.69) is 10.9 Å². The summed E-state index contributed by atoms with van der Waals surface area (Å²) in [5, 5.41) is 8.44. The average molecular weight is 250 g/mol. The molecule has 0 heterocycles. The van der Waals surface area contributed by atoms with Crippen LogP contribution in [0.4, 0.5) is 5.69 Å². The maximum atomic E-state index is 11.4. The van der Waals surface area contributed by atoms with Crippen molar-refractivity contribution in [2.24, 2.45) is 0 Å². The first kappa shape index (κ1) is 14.0. The van der Waals surface area contributed by atoms with Gasteiger partial charge >= 0.3 is 5.97 Å². The van der Waals surface area contributed by atoms with Crippen LogP contribution in [0.25, 0.3) is 0 Å². The molecule has 18 heavy (non-hydrogen) atoms. The van der Waals surface area contributed by atoms with E-state index in [1.54, 1.807) is 0 Å². The van der Waals surface area contributed by atoms with E-state index >= 15 is 0 Å². The van der Waals surface area contributed by atoms with Crippen molar-refractivity contribution >= 4 is 17.6 Å². The molecule has 0 aliphatic heterocycles. The van der Waals surface area contributed by atoms with Crippen LogP contribution in [-0.2, 0) is 9.59 Å². The minimum Gasteiger partial charge on any atom is -0.481 e. The predicted molar refractivity (Wildman–Crippen MR) is 68.9 cm³/mol. The van der Waals surface area contributed by atoms with Crippen molar-refractivity contribution in [1.29, 1.82) is 0 Å². The van der Waals surface area contributed by atoms with Gasteiger partial charge in [0.25, 0.3) is 0 Å². The van der Waals surface area contributed by atoms with Gasteiger partial charge in [-0.3, -0.25) is 20.4 Å². The van der Waals surface area contributed by atoms with Gasteiger partial charge in [0, 0.05) is 12.8 Å². The summed E-state index contributed by atoms with van der Waals surface area (Å²) in [6, 6.07) is 9.36. The molecule has 1 aromatic rings. The number of hydrogen-bond donors (Lipinski definition) is 3. The number of hydrogen-bond acceptors (Lipinski definition) is 3. The van der Waals surface area contributed by atoms with E-state index in [1.165, 1.54) is 0 Å². The van der Waals surface area contributed by atoms with Gasteiger partial charge in [-0.05, 0) is 25.0 Å². The summed E-state index contributed by atoms with van der Waals surface area (Å²) in [5.74, 6) is -0.876. The Labute approximate surface area is 106 Å². The number of carboxylic acid groups (broad SMARTS) is 1. The van der Waals surface area contributed by atoms with Crippen LogP contribution in [0.5, 0.6) is 0 Å². The number of rotatable bonds is 8. The largest absolute Gasteiger partial charge is 0.481 e. The number of nitrogens with one attached hydrogen (secondary N) is 2. The van der Waals surface area contributed by atoms with Crippen molar-refractivity contribution in [3.05, 3.63) is 30.3 Å². The number of unbranched alkanes of at least 4 members (excludes halogenated alkanes) is 2. The standard InChI is InChI=1S/C13H18N2O3/c16-12(9-5-2-6-10-13(17)18)15-14-11-7-3-1-4-8-11/h1,3-4,7-8,14H,2,5-6,9-10H2,(H,15,16)(H,17,18). The Morgan fingerprint density at radius 3 is 2.33 bits per heavy atom. The molecule has 1 amide bonds. The predicted octanol–water partition coefficient (Wildman–Crippen LogP) is 2.16. The number of hydrazine groups is 1. The van der Waals surface area contributed by atoms with Gasteiger partial charge in [-0.2, -0.15) is 0 Å². The lowest BCUT2D eigenvalue weighted by atomic mass is 10.1. The van der Waals surface area contributed by atoms with Crippen LogP contribution in [0.1, 0.15) is 32.1 Å². The minimum absolute atomic E-state index is 0.0887. The zero-order valence-electron chi connectivity index (χ0n) is 10.2. The number of benzene rings is 1. The highest BCUT2D eigenvalue weighted by Crippen LogP contribution is 2.04. The number of carbonyl (C=O) groups is 2. The molecule has 0 fully saturated rings. The summed E-state index contributed by atoms with van der Waals surface area (Å²) in [6.07, 6.45) is 2.65. The highest BCUT2D eigenvalue weighted by atomic mass is 16.4. The molecule has 1 aromatic carbocycles. The van der Waals surface area contributed by atoms with Gasteiger partial charge in [0.2, 0.25) is 5.91 Å². The number of carbonyl (C=O) groups excluding carboxylic acids is 1. The van der Waals surface area contributed by atoms with Crippen LogP contribution < -0.4 is 10.9 Å². The Bertz CT molecular complexity index is 379. The molecule has 0 atom stereocenters. The molecule has 0 unspecified atom stereocenters. The highest BCUT2D eigenvalue weighted by Gasteiger charge is 2.01. The maximum absolute atomic E-state index is 11.4. The molecule has 0 saturated carbocycles. The Balaban J connectivity index is 2.06. The second-order valence-electron chi connectivity index (χ2n) is 3.99. The fourth-order valence-electron chi connectivity index (χ4n) is 1.46. The molecule has 0 spiro atoms. The molecule has 0 bridgehead atoms. The summed E-state index contributed by atoms with van der Waals surface area (Å²) < 4.78 is 0. The SMILES string of the molecule is O=C(O)CCCCCC(=O)NNc1ccccc1. The molecule has 0 aliphatic rings. The van der Waals surface area contributed by atoms with Gasteiger partial charge in [0.05, 0.1) is 5.69 Å². The van der Waals surface area contributed by atoms with Crippen LogP contribution in [0.2, 0.25) is 0 Å². The van der Waals surface area contributed by atoms with Gasteiger partial charge in [-0.25, -0.2) is 0 Å². The number of aliphatic carboxylic acids is 1. The van der Waals surface area contributed by atoms with Gasteiger partial charge in [0.1, 0.15) is 0 Å². The van der Waals surface area contributed by atoms with Crippen molar-refractivity contribution in [1.82, 2.24) is 5.43 Å². The van der Waals surface area contributed by atoms with Crippen LogP contribution >= 0.6 is 0 Å². The van der Waals surface area contributed by atoms with Gasteiger partial charge in [-0.1, -0.05) is 24.6 Å². The van der Waals surface area contributed by atoms with E-state index in [1.807, 2.05) is 30.3 Å². The topological polar surface area (TPSA) is 78.4 Å². The van der Waals surface area contributed by atoms with E-state index in [0.29, 0.717) is 19.3 Å². The van der Waals surface area contributed by atoms with Crippen molar-refractivity contribution in [2.45, 2.75) is 32.1 Å². The van der Waals surface area contributed by atoms with E-state index in [0.717, 1.165) is 12.1 Å². The van der Waals surface area contributed by atoms with E-state index in [4.69, 9.17) is 5.11 Å². The Hall–Kier alpha value is -2.04. The Morgan fingerprint density at radius 2 is 1.67 bits per heavy atom. The zero-order chi connectivity index (χ0) is 13.2. The summed E-state index contributed by atoms with van der Waals surface area (Å²) in [4.78, 5) is 21.7. The normalized spacial score (nSPS) is 9.78. The van der Waals surface area contributed by atoms with Gasteiger partial charge in [-0.15, -0.1) is 0 Å². The first-order valence-electron chi connectivity index (χ1n) is 6.00. The molecular weight excluding hydrogens is 232 g/mol. The van der Waals surface area contributed by atoms with Crippen molar-refractivity contribution < 1.29 is 14.7 Å². The van der Waals surface area contributed by atoms with E-state index in [9.17, 15) is 9.59 Å². The van der Waals surface area contributed by atoms with Gasteiger partial charge in [0.15, 0.2) is 0 Å². The van der Waals surface area contributed by atoms with E-state index < -0.39 is 5.97 Å². The molecule has 0 saturated heterocycles. The lowest BCUT2D eigenvalue weighted by molar-refractivity contribution is -0.137. The third kappa shape index (κ3) is 6.52. The fraction of sp³-hybridized carbons (Fsp3) is 0.385. The zero-order valence-corrected chi connectivity index (χ0v) is 10.2. The lowest BCUT2D eigenvalue weighted by Crippen LogP contribution is -2.28. The third-order valence-corrected chi connectivity index (χ3v) is 2.41. The van der Waals surface area contributed by atoms with Crippen molar-refractivity contribution in [3.8, 4) is 0 Å². The first-order valence-corrected chi connectivity index (χ1v) is 6.00. The third-order valence-electron chi connectivity index (χ3n) is 2.41. The van der Waals surface area contributed by atoms with Crippen LogP contribution in [0.3, 0.4) is 0 Å². The molecule has 0 aliphatic carbocycles. The van der Waals surface area contributed by atoms with Crippen LogP contribution in [-0.4, -0.2) is 17.0 Å². The van der Waals surface area contributed by atoms with Crippen LogP contribution in [0.15, 0.2) is 30.3 Å². The van der Waals surface area contributed by atoms with Crippen LogP contribution in [0, 0.1) is 0 Å². The molecule has 3 N–H and O–H groups in total. The monoisotopic (exact) mass is 250 g/mol. The number of amides is 1. The number of para-hydroxylation sites is 1. The first-order chi connectivity index (χ1) is 8.68. The summed E-state index contributed by atoms with van der Waals surface area (Å²) in [6.45, 7) is 0. The fourth-order valence-corrected chi connectivity index (χ4v) is 1.46. The smallest absolute Gasteiger partial charge is 0.303 e. The number of anilines is 1. The molecule has 0 radical (unpaired) electrons. The van der Waals surface area contributed by atoms with Crippen molar-refractivity contribution in [2.75, 3.05) is 5.43 Å². The second kappa shape index (κ2) is 8.11. The second-order valence-corrected chi connectivity index (χ2v) is 3.99. The molecule has 5 heteroatoms. The summed E-state index contributed by atoms with van der Waals surface area (Å²) in [7, 11) is 0. The minimum atomic E-state index is -0.787. The van der Waals surface area contributed by atoms with E-state index in [-0.39, 0.29) is 12.3 Å². The maximum Gasteiger partial charge on any atom is 0.303 e. The summed E-state index contributed by atoms with van der Waals surface area (Å²) in [5.41, 5.74) is 6.23.